The number of nitrogens with one attached hydrogen (secondary N) is 4. The van der Waals surface area contributed by atoms with Gasteiger partial charge in [-0.25, -0.2) is 5.01 Å². The summed E-state index contributed by atoms with van der Waals surface area (Å²) in [4.78, 5) is 106. The summed E-state index contributed by atoms with van der Waals surface area (Å²) in [6.07, 6.45) is 0.516. The van der Waals surface area contributed by atoms with E-state index in [1.807, 2.05) is 5.32 Å². The number of imide groups is 1. The van der Waals surface area contributed by atoms with Gasteiger partial charge in [0, 0.05) is 24.5 Å². The molecular formula is C28H29N7O9. The van der Waals surface area contributed by atoms with E-state index < -0.39 is 77.9 Å². The first kappa shape index (κ1) is 30.1. The smallest absolute Gasteiger partial charge is 0.305 e. The number of fused-ring (bicyclic) bond motifs is 2. The number of carbonyl (C=O) groups excluding carboxylic acids is 7. The van der Waals surface area contributed by atoms with Crippen molar-refractivity contribution in [1.82, 2.24) is 36.3 Å². The molecule has 5 rings (SSSR count). The second kappa shape index (κ2) is 12.4. The van der Waals surface area contributed by atoms with Crippen molar-refractivity contribution < 1.29 is 43.5 Å². The molecule has 3 saturated heterocycles. The number of hydrogen-bond donors (Lipinski definition) is 5. The van der Waals surface area contributed by atoms with E-state index in [1.165, 1.54) is 6.20 Å². The number of hydrazine groups is 1. The number of benzene rings is 1. The first-order valence-corrected chi connectivity index (χ1v) is 14.0. The van der Waals surface area contributed by atoms with Gasteiger partial charge in [-0.15, -0.1) is 0 Å². The molecule has 1 aromatic carbocycles. The maximum Gasteiger partial charge on any atom is 0.305 e. The number of pyridine rings is 1. The molecule has 4 heterocycles. The number of amides is 7. The molecule has 230 valence electrons. The Morgan fingerprint density at radius 3 is 2.52 bits per heavy atom. The Morgan fingerprint density at radius 2 is 1.80 bits per heavy atom. The van der Waals surface area contributed by atoms with Gasteiger partial charge in [-0.05, 0) is 30.7 Å². The lowest BCUT2D eigenvalue weighted by Crippen LogP contribution is -2.65. The molecule has 2 aromatic rings. The van der Waals surface area contributed by atoms with Crippen LogP contribution in [-0.2, 0) is 33.6 Å². The zero-order valence-corrected chi connectivity index (χ0v) is 23.3. The van der Waals surface area contributed by atoms with E-state index >= 15 is 0 Å². The normalized spacial score (nSPS) is 22.5. The predicted molar refractivity (Wildman–Crippen MR) is 148 cm³/mol. The van der Waals surface area contributed by atoms with Crippen LogP contribution in [0.2, 0.25) is 0 Å². The Kier molecular flexibility index (Phi) is 8.50. The molecule has 4 atom stereocenters. The lowest BCUT2D eigenvalue weighted by atomic mass is 10.0. The summed E-state index contributed by atoms with van der Waals surface area (Å²) < 4.78 is 0. The van der Waals surface area contributed by atoms with Gasteiger partial charge in [-0.1, -0.05) is 24.3 Å². The first-order valence-electron chi connectivity index (χ1n) is 14.0. The number of rotatable bonds is 8. The molecule has 0 aliphatic carbocycles. The maximum absolute atomic E-state index is 13.8. The van der Waals surface area contributed by atoms with Gasteiger partial charge in [0.25, 0.3) is 11.8 Å². The fourth-order valence-electron chi connectivity index (χ4n) is 5.53. The first-order chi connectivity index (χ1) is 21.0. The van der Waals surface area contributed by atoms with Gasteiger partial charge in [-0.3, -0.25) is 53.7 Å². The van der Waals surface area contributed by atoms with Crippen molar-refractivity contribution in [3.63, 3.8) is 0 Å². The molecular weight excluding hydrogens is 578 g/mol. The maximum atomic E-state index is 13.8. The second-order valence-corrected chi connectivity index (χ2v) is 10.6. The monoisotopic (exact) mass is 607 g/mol. The summed E-state index contributed by atoms with van der Waals surface area (Å²) in [6.45, 7) is 0.129. The van der Waals surface area contributed by atoms with Crippen molar-refractivity contribution >= 4 is 58.1 Å². The van der Waals surface area contributed by atoms with Crippen LogP contribution in [0.3, 0.4) is 0 Å². The number of carbonyl (C=O) groups is 8. The third kappa shape index (κ3) is 6.18. The zero-order valence-electron chi connectivity index (χ0n) is 23.3. The minimum atomic E-state index is -1.66. The third-order valence-electron chi connectivity index (χ3n) is 7.65. The van der Waals surface area contributed by atoms with Gasteiger partial charge in [0.15, 0.2) is 0 Å². The number of nitrogens with zero attached hydrogens (tertiary/aromatic N) is 3. The molecule has 44 heavy (non-hydrogen) atoms. The summed E-state index contributed by atoms with van der Waals surface area (Å²) in [6, 6.07) is 3.39. The van der Waals surface area contributed by atoms with Crippen molar-refractivity contribution in [3.8, 4) is 0 Å². The average molecular weight is 608 g/mol. The molecule has 3 aliphatic heterocycles. The number of carboxylic acid groups (broad SMARTS) is 1. The Morgan fingerprint density at radius 1 is 1.02 bits per heavy atom. The third-order valence-corrected chi connectivity index (χ3v) is 7.65. The summed E-state index contributed by atoms with van der Waals surface area (Å²) in [5, 5.41) is 22.0. The van der Waals surface area contributed by atoms with E-state index in [9.17, 15) is 43.5 Å². The van der Waals surface area contributed by atoms with E-state index in [0.29, 0.717) is 11.8 Å². The van der Waals surface area contributed by atoms with Crippen molar-refractivity contribution in [2.75, 3.05) is 6.54 Å². The average Bonchev–Trinajstić information content (AvgIpc) is 3.26. The molecule has 0 spiro atoms. The van der Waals surface area contributed by atoms with Crippen LogP contribution in [-0.4, -0.2) is 98.1 Å². The Labute approximate surface area is 249 Å². The summed E-state index contributed by atoms with van der Waals surface area (Å²) in [5.74, 6) is -6.59. The van der Waals surface area contributed by atoms with E-state index in [1.54, 1.807) is 30.3 Å². The standard InChI is InChI=1S/C28H29N7O9/c36-20-12-17(25(41)33-20)31-24(40)18(13-22(38)39)32-26(42)19-6-3-11-34-21(37)8-7-16(28(44)35(19)34)30-27(43)23-15-5-2-1-4-14(15)9-10-29-23/h1-2,4-5,9-10,16-19H,3,6-8,11-13H2,(H,30,43)(H,31,40)(H,32,42)(H,38,39)(H,33,36,41)/t16-,17?,18-,19?/m0/s1. The molecule has 0 radical (unpaired) electrons. The van der Waals surface area contributed by atoms with Gasteiger partial charge < -0.3 is 21.1 Å². The minimum absolute atomic E-state index is 0.0400. The highest BCUT2D eigenvalue weighted by Gasteiger charge is 2.45. The highest BCUT2D eigenvalue weighted by molar-refractivity contribution is 6.08. The zero-order chi connectivity index (χ0) is 31.5. The van der Waals surface area contributed by atoms with Crippen LogP contribution >= 0.6 is 0 Å². The number of hydrogen-bond acceptors (Lipinski definition) is 9. The Hall–Kier alpha value is -5.41. The number of aliphatic carboxylic acids is 1. The van der Waals surface area contributed by atoms with Gasteiger partial charge in [-0.2, -0.15) is 0 Å². The molecule has 3 fully saturated rings. The molecule has 2 unspecified atom stereocenters. The van der Waals surface area contributed by atoms with Crippen LogP contribution in [0.25, 0.3) is 10.8 Å². The lowest BCUT2D eigenvalue weighted by Gasteiger charge is -2.43. The Bertz CT molecular complexity index is 1570. The van der Waals surface area contributed by atoms with Gasteiger partial charge in [0.1, 0.15) is 29.9 Å². The van der Waals surface area contributed by atoms with Gasteiger partial charge in [0.05, 0.1) is 12.8 Å². The van der Waals surface area contributed by atoms with E-state index in [2.05, 4.69) is 20.9 Å². The quantitative estimate of drug-likeness (QED) is 0.215. The van der Waals surface area contributed by atoms with Gasteiger partial charge in [0.2, 0.25) is 29.5 Å². The molecule has 0 saturated carbocycles. The number of aromatic nitrogens is 1. The van der Waals surface area contributed by atoms with Crippen LogP contribution in [0.4, 0.5) is 0 Å². The van der Waals surface area contributed by atoms with Crippen LogP contribution in [0.1, 0.15) is 49.0 Å². The van der Waals surface area contributed by atoms with E-state index in [0.717, 1.165) is 15.4 Å². The van der Waals surface area contributed by atoms with Crippen molar-refractivity contribution in [3.05, 3.63) is 42.2 Å². The van der Waals surface area contributed by atoms with Crippen molar-refractivity contribution in [2.45, 2.75) is 62.7 Å². The summed E-state index contributed by atoms with van der Waals surface area (Å²) in [7, 11) is 0. The van der Waals surface area contributed by atoms with Crippen molar-refractivity contribution in [2.24, 2.45) is 0 Å². The molecule has 3 aliphatic rings. The molecule has 16 heteroatoms. The van der Waals surface area contributed by atoms with E-state index in [4.69, 9.17) is 0 Å². The number of carboxylic acids is 1. The topological polar surface area (TPSA) is 224 Å². The molecule has 16 nitrogen and oxygen atoms in total. The Balaban J connectivity index is 1.35. The predicted octanol–water partition coefficient (Wildman–Crippen LogP) is -1.65. The SMILES string of the molecule is O=C(O)C[C@H](NC(=O)C1CCCN2C(=O)CC[C@H](NC(=O)c3nccc4ccccc34)C(=O)N12)C(=O)NC1CC(=O)NC1=O. The van der Waals surface area contributed by atoms with Crippen LogP contribution in [0.5, 0.6) is 0 Å². The fourth-order valence-corrected chi connectivity index (χ4v) is 5.53. The second-order valence-electron chi connectivity index (χ2n) is 10.6. The highest BCUT2D eigenvalue weighted by atomic mass is 16.4. The van der Waals surface area contributed by atoms with Crippen LogP contribution in [0, 0.1) is 0 Å². The van der Waals surface area contributed by atoms with Gasteiger partial charge >= 0.3 is 5.97 Å². The van der Waals surface area contributed by atoms with Crippen LogP contribution in [0.15, 0.2) is 36.5 Å². The van der Waals surface area contributed by atoms with E-state index in [-0.39, 0.29) is 37.9 Å². The molecule has 7 amide bonds. The molecule has 1 aromatic heterocycles. The largest absolute Gasteiger partial charge is 0.481 e. The highest BCUT2D eigenvalue weighted by Crippen LogP contribution is 2.26. The van der Waals surface area contributed by atoms with Crippen molar-refractivity contribution in [1.29, 1.82) is 0 Å². The fraction of sp³-hybridized carbons (Fsp3) is 0.393. The molecule has 0 bridgehead atoms. The van der Waals surface area contributed by atoms with Crippen LogP contribution < -0.4 is 21.3 Å². The minimum Gasteiger partial charge on any atom is -0.481 e. The lowest BCUT2D eigenvalue weighted by molar-refractivity contribution is -0.176. The summed E-state index contributed by atoms with van der Waals surface area (Å²) in [5.41, 5.74) is 0.0800. The summed E-state index contributed by atoms with van der Waals surface area (Å²) >= 11 is 0. The molecule has 5 N–H and O–H groups in total.